The second kappa shape index (κ2) is 5.56. The highest BCUT2D eigenvalue weighted by Gasteiger charge is 1.98. The van der Waals surface area contributed by atoms with Crippen molar-refractivity contribution in [2.24, 2.45) is 0 Å². The van der Waals surface area contributed by atoms with Gasteiger partial charge < -0.3 is 16.2 Å². The summed E-state index contributed by atoms with van der Waals surface area (Å²) in [4.78, 5) is 4.29. The maximum atomic E-state index is 9.07. The first-order chi connectivity index (χ1) is 7.09. The molecule has 0 aromatic carbocycles. The molecule has 15 heavy (non-hydrogen) atoms. The number of nitrogen functional groups attached to an aromatic ring is 1. The van der Waals surface area contributed by atoms with Crippen molar-refractivity contribution in [1.82, 2.24) is 4.98 Å². The van der Waals surface area contributed by atoms with Crippen LogP contribution < -0.4 is 11.1 Å². The molecule has 0 saturated carbocycles. The summed E-state index contributed by atoms with van der Waals surface area (Å²) in [6.45, 7) is 4.50. The molecule has 4 N–H and O–H groups in total. The van der Waals surface area contributed by atoms with E-state index in [1.54, 1.807) is 6.92 Å². The predicted molar refractivity (Wildman–Crippen MR) is 62.8 cm³/mol. The monoisotopic (exact) mass is 209 g/mol. The van der Waals surface area contributed by atoms with Crippen LogP contribution in [0.3, 0.4) is 0 Å². The standard InChI is InChI=1S/C11H19N3O/c1-8(15)4-3-7-13-11-6-5-10(12)9(2)14-11/h5-6,8,15H,3-4,7,12H2,1-2H3,(H,13,14). The van der Waals surface area contributed by atoms with E-state index in [1.807, 2.05) is 19.1 Å². The zero-order chi connectivity index (χ0) is 11.3. The first-order valence-corrected chi connectivity index (χ1v) is 5.24. The Morgan fingerprint density at radius 1 is 1.53 bits per heavy atom. The molecule has 0 fully saturated rings. The molecule has 1 atom stereocenters. The molecule has 1 unspecified atom stereocenters. The van der Waals surface area contributed by atoms with Gasteiger partial charge in [0.25, 0.3) is 0 Å². The third-order valence-corrected chi connectivity index (χ3v) is 2.23. The van der Waals surface area contributed by atoms with E-state index in [2.05, 4.69) is 10.3 Å². The molecule has 0 saturated heterocycles. The molecule has 0 aliphatic heterocycles. The fourth-order valence-corrected chi connectivity index (χ4v) is 1.28. The maximum absolute atomic E-state index is 9.07. The highest BCUT2D eigenvalue weighted by Crippen LogP contribution is 2.11. The van der Waals surface area contributed by atoms with Crippen molar-refractivity contribution in [1.29, 1.82) is 0 Å². The number of aliphatic hydroxyl groups is 1. The van der Waals surface area contributed by atoms with Gasteiger partial charge in [0, 0.05) is 6.54 Å². The van der Waals surface area contributed by atoms with Crippen LogP contribution in [-0.2, 0) is 0 Å². The summed E-state index contributed by atoms with van der Waals surface area (Å²) < 4.78 is 0. The minimum atomic E-state index is -0.229. The van der Waals surface area contributed by atoms with Crippen molar-refractivity contribution in [2.75, 3.05) is 17.6 Å². The molecule has 1 aromatic heterocycles. The summed E-state index contributed by atoms with van der Waals surface area (Å²) in [5, 5.41) is 12.3. The summed E-state index contributed by atoms with van der Waals surface area (Å²) in [7, 11) is 0. The van der Waals surface area contributed by atoms with Gasteiger partial charge in [0.05, 0.1) is 17.5 Å². The van der Waals surface area contributed by atoms with E-state index in [4.69, 9.17) is 10.8 Å². The molecule has 0 aliphatic rings. The third kappa shape index (κ3) is 4.16. The first kappa shape index (κ1) is 11.8. The Morgan fingerprint density at radius 3 is 2.87 bits per heavy atom. The number of pyridine rings is 1. The smallest absolute Gasteiger partial charge is 0.126 e. The molecular weight excluding hydrogens is 190 g/mol. The van der Waals surface area contributed by atoms with E-state index in [1.165, 1.54) is 0 Å². The van der Waals surface area contributed by atoms with Gasteiger partial charge in [0.2, 0.25) is 0 Å². The zero-order valence-corrected chi connectivity index (χ0v) is 9.33. The SMILES string of the molecule is Cc1nc(NCCCC(C)O)ccc1N. The predicted octanol–water partition coefficient (Wildman–Crippen LogP) is 1.55. The molecule has 84 valence electrons. The van der Waals surface area contributed by atoms with Crippen LogP contribution in [0.4, 0.5) is 11.5 Å². The van der Waals surface area contributed by atoms with Gasteiger partial charge in [0.15, 0.2) is 0 Å². The van der Waals surface area contributed by atoms with Gasteiger partial charge in [-0.05, 0) is 38.8 Å². The van der Waals surface area contributed by atoms with Gasteiger partial charge >= 0.3 is 0 Å². The summed E-state index contributed by atoms with van der Waals surface area (Å²) in [6.07, 6.45) is 1.51. The number of anilines is 2. The van der Waals surface area contributed by atoms with Crippen LogP contribution in [0.25, 0.3) is 0 Å². The molecule has 1 aromatic rings. The number of aliphatic hydroxyl groups excluding tert-OH is 1. The molecule has 0 aliphatic carbocycles. The summed E-state index contributed by atoms with van der Waals surface area (Å²) in [5.74, 6) is 0.840. The van der Waals surface area contributed by atoms with Gasteiger partial charge in [-0.25, -0.2) is 4.98 Å². The average molecular weight is 209 g/mol. The Kier molecular flexibility index (Phi) is 4.37. The lowest BCUT2D eigenvalue weighted by atomic mass is 10.2. The van der Waals surface area contributed by atoms with Crippen LogP contribution in [0.2, 0.25) is 0 Å². The largest absolute Gasteiger partial charge is 0.397 e. The normalized spacial score (nSPS) is 12.5. The maximum Gasteiger partial charge on any atom is 0.126 e. The van der Waals surface area contributed by atoms with Gasteiger partial charge in [-0.3, -0.25) is 0 Å². The minimum Gasteiger partial charge on any atom is -0.397 e. The fraction of sp³-hybridized carbons (Fsp3) is 0.545. The highest BCUT2D eigenvalue weighted by molar-refractivity contribution is 5.48. The van der Waals surface area contributed by atoms with Crippen molar-refractivity contribution in [3.05, 3.63) is 17.8 Å². The second-order valence-electron chi connectivity index (χ2n) is 3.79. The van der Waals surface area contributed by atoms with Gasteiger partial charge in [-0.15, -0.1) is 0 Å². The van der Waals surface area contributed by atoms with E-state index in [0.717, 1.165) is 30.9 Å². The fourth-order valence-electron chi connectivity index (χ4n) is 1.28. The summed E-state index contributed by atoms with van der Waals surface area (Å²) >= 11 is 0. The van der Waals surface area contributed by atoms with Crippen LogP contribution >= 0.6 is 0 Å². The Labute approximate surface area is 90.5 Å². The molecule has 1 heterocycles. The highest BCUT2D eigenvalue weighted by atomic mass is 16.3. The molecule has 0 spiro atoms. The number of nitrogens with two attached hydrogens (primary N) is 1. The van der Waals surface area contributed by atoms with Crippen molar-refractivity contribution in [3.8, 4) is 0 Å². The summed E-state index contributed by atoms with van der Waals surface area (Å²) in [6, 6.07) is 3.71. The van der Waals surface area contributed by atoms with Crippen LogP contribution in [0.5, 0.6) is 0 Å². The van der Waals surface area contributed by atoms with Gasteiger partial charge in [0.1, 0.15) is 5.82 Å². The first-order valence-electron chi connectivity index (χ1n) is 5.24. The lowest BCUT2D eigenvalue weighted by Gasteiger charge is -2.08. The van der Waals surface area contributed by atoms with Crippen LogP contribution in [-0.4, -0.2) is 22.7 Å². The Morgan fingerprint density at radius 2 is 2.27 bits per heavy atom. The molecular formula is C11H19N3O. The Bertz CT molecular complexity index is 313. The molecule has 0 bridgehead atoms. The molecule has 0 radical (unpaired) electrons. The number of aryl methyl sites for hydroxylation is 1. The van der Waals surface area contributed by atoms with Crippen molar-refractivity contribution in [2.45, 2.75) is 32.8 Å². The summed E-state index contributed by atoms with van der Waals surface area (Å²) in [5.41, 5.74) is 7.22. The van der Waals surface area contributed by atoms with E-state index in [-0.39, 0.29) is 6.10 Å². The van der Waals surface area contributed by atoms with Crippen molar-refractivity contribution >= 4 is 11.5 Å². The van der Waals surface area contributed by atoms with Crippen LogP contribution in [0.15, 0.2) is 12.1 Å². The van der Waals surface area contributed by atoms with E-state index in [0.29, 0.717) is 5.69 Å². The molecule has 0 amide bonds. The molecule has 4 nitrogen and oxygen atoms in total. The van der Waals surface area contributed by atoms with Crippen molar-refractivity contribution in [3.63, 3.8) is 0 Å². The van der Waals surface area contributed by atoms with Crippen molar-refractivity contribution < 1.29 is 5.11 Å². The lowest BCUT2D eigenvalue weighted by Crippen LogP contribution is -2.08. The third-order valence-electron chi connectivity index (χ3n) is 2.23. The van der Waals surface area contributed by atoms with E-state index >= 15 is 0 Å². The van der Waals surface area contributed by atoms with Gasteiger partial charge in [-0.1, -0.05) is 0 Å². The average Bonchev–Trinajstić information content (AvgIpc) is 2.18. The molecule has 4 heteroatoms. The number of hydrogen-bond acceptors (Lipinski definition) is 4. The quantitative estimate of drug-likeness (QED) is 0.643. The Balaban J connectivity index is 2.35. The van der Waals surface area contributed by atoms with Gasteiger partial charge in [-0.2, -0.15) is 0 Å². The lowest BCUT2D eigenvalue weighted by molar-refractivity contribution is 0.183. The number of nitrogens with zero attached hydrogens (tertiary/aromatic N) is 1. The van der Waals surface area contributed by atoms with Crippen LogP contribution in [0.1, 0.15) is 25.5 Å². The number of aromatic nitrogens is 1. The number of rotatable bonds is 5. The minimum absolute atomic E-state index is 0.229. The number of nitrogens with one attached hydrogen (secondary N) is 1. The number of hydrogen-bond donors (Lipinski definition) is 3. The van der Waals surface area contributed by atoms with E-state index < -0.39 is 0 Å². The second-order valence-corrected chi connectivity index (χ2v) is 3.79. The zero-order valence-electron chi connectivity index (χ0n) is 9.33. The molecule has 1 rings (SSSR count). The van der Waals surface area contributed by atoms with E-state index in [9.17, 15) is 0 Å². The Hall–Kier alpha value is -1.29. The topological polar surface area (TPSA) is 71.2 Å². The van der Waals surface area contributed by atoms with Crippen LogP contribution in [0, 0.1) is 6.92 Å².